The van der Waals surface area contributed by atoms with Gasteiger partial charge in [0.1, 0.15) is 5.92 Å². The SMILES string of the molecule is CCN(CC)c1ccc([C@@H]2[C@H](C#N)C(=O)NC(=O)[C@@H]2[n+]2ccccc2)cc1. The zero-order valence-electron chi connectivity index (χ0n) is 15.5. The summed E-state index contributed by atoms with van der Waals surface area (Å²) in [5.41, 5.74) is 1.88. The Morgan fingerprint density at radius 3 is 2.22 bits per heavy atom. The molecular weight excluding hydrogens is 340 g/mol. The predicted molar refractivity (Wildman–Crippen MR) is 101 cm³/mol. The molecule has 2 aromatic rings. The number of pyridine rings is 1. The molecule has 0 radical (unpaired) electrons. The largest absolute Gasteiger partial charge is 0.372 e. The highest BCUT2D eigenvalue weighted by atomic mass is 16.2. The van der Waals surface area contributed by atoms with E-state index >= 15 is 0 Å². The van der Waals surface area contributed by atoms with Gasteiger partial charge in [-0.3, -0.25) is 14.9 Å². The van der Waals surface area contributed by atoms with Gasteiger partial charge in [0, 0.05) is 30.9 Å². The van der Waals surface area contributed by atoms with E-state index in [9.17, 15) is 14.9 Å². The molecule has 138 valence electrons. The zero-order chi connectivity index (χ0) is 19.4. The number of hydrogen-bond acceptors (Lipinski definition) is 4. The average Bonchev–Trinajstić information content (AvgIpc) is 2.69. The van der Waals surface area contributed by atoms with E-state index in [1.165, 1.54) is 0 Å². The Balaban J connectivity index is 2.05. The number of aromatic nitrogens is 1. The minimum Gasteiger partial charge on any atom is -0.372 e. The number of amides is 2. The van der Waals surface area contributed by atoms with Crippen molar-refractivity contribution in [3.8, 4) is 6.07 Å². The number of nitriles is 1. The summed E-state index contributed by atoms with van der Waals surface area (Å²) in [6.45, 7) is 5.97. The lowest BCUT2D eigenvalue weighted by Crippen LogP contribution is -2.59. The first-order valence-electron chi connectivity index (χ1n) is 9.15. The molecule has 1 aromatic heterocycles. The first-order chi connectivity index (χ1) is 13.1. The van der Waals surface area contributed by atoms with Gasteiger partial charge in [-0.05, 0) is 31.5 Å². The number of nitrogens with zero attached hydrogens (tertiary/aromatic N) is 3. The van der Waals surface area contributed by atoms with Gasteiger partial charge >= 0.3 is 0 Å². The molecule has 27 heavy (non-hydrogen) atoms. The van der Waals surface area contributed by atoms with Crippen LogP contribution >= 0.6 is 0 Å². The maximum absolute atomic E-state index is 12.6. The Kier molecular flexibility index (Phi) is 5.51. The summed E-state index contributed by atoms with van der Waals surface area (Å²) < 4.78 is 1.76. The van der Waals surface area contributed by atoms with Crippen molar-refractivity contribution in [3.05, 3.63) is 60.4 Å². The molecule has 0 saturated carbocycles. The van der Waals surface area contributed by atoms with Crippen LogP contribution in [0, 0.1) is 17.2 Å². The van der Waals surface area contributed by atoms with Crippen molar-refractivity contribution in [3.63, 3.8) is 0 Å². The van der Waals surface area contributed by atoms with E-state index in [-0.39, 0.29) is 5.91 Å². The molecule has 3 atom stereocenters. The fourth-order valence-corrected chi connectivity index (χ4v) is 3.71. The second-order valence-electron chi connectivity index (χ2n) is 6.52. The standard InChI is InChI=1S/C21H22N4O2/c1-3-24(4-2)16-10-8-15(9-11-16)18-17(14-22)20(26)23-21(27)19(18)25-12-6-5-7-13-25/h5-13,17-19H,3-4H2,1-2H3/p+1/t17-,18+,19+/m0/s1. The molecule has 0 bridgehead atoms. The molecule has 6 nitrogen and oxygen atoms in total. The molecule has 2 amide bonds. The summed E-state index contributed by atoms with van der Waals surface area (Å²) in [4.78, 5) is 27.2. The third-order valence-corrected chi connectivity index (χ3v) is 5.10. The molecule has 2 heterocycles. The van der Waals surface area contributed by atoms with E-state index in [0.717, 1.165) is 24.3 Å². The van der Waals surface area contributed by atoms with Crippen molar-refractivity contribution >= 4 is 17.5 Å². The summed E-state index contributed by atoms with van der Waals surface area (Å²) in [5, 5.41) is 12.0. The van der Waals surface area contributed by atoms with Crippen molar-refractivity contribution in [2.75, 3.05) is 18.0 Å². The number of carbonyl (C=O) groups is 2. The van der Waals surface area contributed by atoms with E-state index in [0.29, 0.717) is 0 Å². The Hall–Kier alpha value is -3.20. The molecule has 1 fully saturated rings. The van der Waals surface area contributed by atoms with Crippen LogP contribution < -0.4 is 14.8 Å². The molecule has 6 heteroatoms. The van der Waals surface area contributed by atoms with Crippen LogP contribution in [0.4, 0.5) is 5.69 Å². The van der Waals surface area contributed by atoms with Gasteiger partial charge in [0.05, 0.1) is 12.0 Å². The molecule has 1 N–H and O–H groups in total. The maximum atomic E-state index is 12.6. The molecule has 3 rings (SSSR count). The Bertz CT molecular complexity index is 854. The normalized spacial score (nSPS) is 22.0. The van der Waals surface area contributed by atoms with Crippen molar-refractivity contribution in [1.82, 2.24) is 5.32 Å². The van der Waals surface area contributed by atoms with Gasteiger partial charge in [-0.1, -0.05) is 18.2 Å². The van der Waals surface area contributed by atoms with Crippen LogP contribution in [0.25, 0.3) is 0 Å². The van der Waals surface area contributed by atoms with Gasteiger partial charge in [-0.15, -0.1) is 0 Å². The molecule has 0 spiro atoms. The summed E-state index contributed by atoms with van der Waals surface area (Å²) in [6.07, 6.45) is 3.57. The summed E-state index contributed by atoms with van der Waals surface area (Å²) in [7, 11) is 0. The Morgan fingerprint density at radius 2 is 1.67 bits per heavy atom. The molecule has 1 saturated heterocycles. The lowest BCUT2D eigenvalue weighted by atomic mass is 9.77. The monoisotopic (exact) mass is 363 g/mol. The third-order valence-electron chi connectivity index (χ3n) is 5.10. The minimum atomic E-state index is -0.931. The highest BCUT2D eigenvalue weighted by molar-refractivity contribution is 6.02. The quantitative estimate of drug-likeness (QED) is 0.651. The number of hydrogen-bond donors (Lipinski definition) is 1. The van der Waals surface area contributed by atoms with Gasteiger partial charge < -0.3 is 4.90 Å². The summed E-state index contributed by atoms with van der Waals surface area (Å²) in [5.74, 6) is -2.40. The van der Waals surface area contributed by atoms with Crippen molar-refractivity contribution < 1.29 is 14.2 Å². The van der Waals surface area contributed by atoms with Crippen molar-refractivity contribution in [2.24, 2.45) is 5.92 Å². The number of rotatable bonds is 5. The number of nitrogens with one attached hydrogen (secondary N) is 1. The molecule has 1 aromatic carbocycles. The van der Waals surface area contributed by atoms with E-state index < -0.39 is 23.8 Å². The van der Waals surface area contributed by atoms with Crippen molar-refractivity contribution in [2.45, 2.75) is 25.8 Å². The number of carbonyl (C=O) groups excluding carboxylic acids is 2. The lowest BCUT2D eigenvalue weighted by molar-refractivity contribution is -0.713. The van der Waals surface area contributed by atoms with Gasteiger partial charge in [-0.2, -0.15) is 9.83 Å². The molecule has 0 aliphatic carbocycles. The van der Waals surface area contributed by atoms with Crippen LogP contribution in [0.1, 0.15) is 31.4 Å². The number of anilines is 1. The Morgan fingerprint density at radius 1 is 1.04 bits per heavy atom. The van der Waals surface area contributed by atoms with E-state index in [4.69, 9.17) is 0 Å². The second-order valence-corrected chi connectivity index (χ2v) is 6.52. The number of benzene rings is 1. The third kappa shape index (κ3) is 3.54. The first kappa shape index (κ1) is 18.6. The van der Waals surface area contributed by atoms with Gasteiger partial charge in [0.2, 0.25) is 11.9 Å². The van der Waals surface area contributed by atoms with Gasteiger partial charge in [0.25, 0.3) is 5.91 Å². The highest BCUT2D eigenvalue weighted by Gasteiger charge is 2.50. The molecule has 1 aliphatic rings. The van der Waals surface area contributed by atoms with Crippen LogP contribution in [0.2, 0.25) is 0 Å². The molecule has 0 unspecified atom stereocenters. The fourth-order valence-electron chi connectivity index (χ4n) is 3.71. The van der Waals surface area contributed by atoms with Crippen LogP contribution in [0.3, 0.4) is 0 Å². The lowest BCUT2D eigenvalue weighted by Gasteiger charge is -2.30. The second kappa shape index (κ2) is 8.00. The Labute approximate surface area is 159 Å². The van der Waals surface area contributed by atoms with Gasteiger partial charge in [0.15, 0.2) is 12.4 Å². The first-order valence-corrected chi connectivity index (χ1v) is 9.15. The summed E-state index contributed by atoms with van der Waals surface area (Å²) in [6, 6.07) is 14.8. The average molecular weight is 363 g/mol. The molecular formula is C21H23N4O2+. The van der Waals surface area contributed by atoms with Crippen LogP contribution in [0.15, 0.2) is 54.9 Å². The van der Waals surface area contributed by atoms with E-state index in [1.807, 2.05) is 42.5 Å². The van der Waals surface area contributed by atoms with Gasteiger partial charge in [-0.25, -0.2) is 0 Å². The van der Waals surface area contributed by atoms with Crippen molar-refractivity contribution in [1.29, 1.82) is 5.26 Å². The fraction of sp³-hybridized carbons (Fsp3) is 0.333. The number of piperidine rings is 1. The van der Waals surface area contributed by atoms with Crippen LogP contribution in [-0.2, 0) is 9.59 Å². The zero-order valence-corrected chi connectivity index (χ0v) is 15.5. The maximum Gasteiger partial charge on any atom is 0.296 e. The molecule has 1 aliphatic heterocycles. The van der Waals surface area contributed by atoms with E-state index in [2.05, 4.69) is 30.1 Å². The minimum absolute atomic E-state index is 0.388. The predicted octanol–water partition coefficient (Wildman–Crippen LogP) is 1.94. The van der Waals surface area contributed by atoms with E-state index in [1.54, 1.807) is 17.0 Å². The van der Waals surface area contributed by atoms with Crippen LogP contribution in [-0.4, -0.2) is 24.9 Å². The summed E-state index contributed by atoms with van der Waals surface area (Å²) >= 11 is 0. The number of imide groups is 1. The van der Waals surface area contributed by atoms with Crippen LogP contribution in [0.5, 0.6) is 0 Å². The topological polar surface area (TPSA) is 77.1 Å². The highest BCUT2D eigenvalue weighted by Crippen LogP contribution is 2.36. The smallest absolute Gasteiger partial charge is 0.296 e.